The number of rotatable bonds is 6. The van der Waals surface area contributed by atoms with E-state index in [4.69, 9.17) is 0 Å². The predicted molar refractivity (Wildman–Crippen MR) is 62.7 cm³/mol. The third-order valence-electron chi connectivity index (χ3n) is 2.73. The average Bonchev–Trinajstić information content (AvgIpc) is 2.20. The molecule has 0 aliphatic carbocycles. The van der Waals surface area contributed by atoms with Gasteiger partial charge in [-0.1, -0.05) is 28.8 Å². The maximum atomic E-state index is 11.4. The van der Waals surface area contributed by atoms with E-state index in [1.807, 2.05) is 4.90 Å². The van der Waals surface area contributed by atoms with E-state index >= 15 is 0 Å². The third-order valence-corrected chi connectivity index (χ3v) is 3.29. The van der Waals surface area contributed by atoms with Crippen molar-refractivity contribution < 1.29 is 4.79 Å². The molecule has 0 N–H and O–H groups in total. The molecule has 14 heavy (non-hydrogen) atoms. The highest BCUT2D eigenvalue weighted by Crippen LogP contribution is 2.12. The maximum absolute atomic E-state index is 11.4. The van der Waals surface area contributed by atoms with Gasteiger partial charge >= 0.3 is 0 Å². The molecular weight excluding hydrogens is 242 g/mol. The molecule has 0 aromatic heterocycles. The van der Waals surface area contributed by atoms with Crippen molar-refractivity contribution in [3.63, 3.8) is 0 Å². The highest BCUT2D eigenvalue weighted by Gasteiger charge is 2.16. The summed E-state index contributed by atoms with van der Waals surface area (Å²) in [6.45, 7) is 1.98. The molecule has 1 rings (SSSR count). The van der Waals surface area contributed by atoms with Gasteiger partial charge in [0.1, 0.15) is 0 Å². The van der Waals surface area contributed by atoms with Crippen LogP contribution in [0.15, 0.2) is 0 Å². The number of alkyl halides is 1. The Morgan fingerprint density at radius 2 is 1.93 bits per heavy atom. The highest BCUT2D eigenvalue weighted by molar-refractivity contribution is 9.09. The summed E-state index contributed by atoms with van der Waals surface area (Å²) in [4.78, 5) is 13.5. The van der Waals surface area contributed by atoms with Gasteiger partial charge in [0.25, 0.3) is 0 Å². The van der Waals surface area contributed by atoms with Crippen LogP contribution in [0.4, 0.5) is 0 Å². The van der Waals surface area contributed by atoms with Crippen LogP contribution in [0.25, 0.3) is 0 Å². The summed E-state index contributed by atoms with van der Waals surface area (Å²) >= 11 is 3.42. The molecule has 1 aliphatic heterocycles. The fourth-order valence-electron chi connectivity index (χ4n) is 1.85. The quantitative estimate of drug-likeness (QED) is 0.532. The fourth-order valence-corrected chi connectivity index (χ4v) is 2.25. The summed E-state index contributed by atoms with van der Waals surface area (Å²) in [5, 5.41) is 1.11. The van der Waals surface area contributed by atoms with Crippen molar-refractivity contribution in [3.05, 3.63) is 0 Å². The van der Waals surface area contributed by atoms with E-state index in [9.17, 15) is 4.79 Å². The lowest BCUT2D eigenvalue weighted by molar-refractivity contribution is -0.133. The number of unbranched alkanes of at least 4 members (excludes halogenated alkanes) is 3. The first-order valence-corrected chi connectivity index (χ1v) is 6.80. The van der Waals surface area contributed by atoms with Gasteiger partial charge in [-0.25, -0.2) is 0 Å². The molecule has 1 aliphatic rings. The Bertz CT molecular complexity index is 173. The highest BCUT2D eigenvalue weighted by atomic mass is 79.9. The van der Waals surface area contributed by atoms with Crippen molar-refractivity contribution >= 4 is 21.8 Å². The molecule has 0 radical (unpaired) electrons. The van der Waals surface area contributed by atoms with Gasteiger partial charge in [0, 0.05) is 24.8 Å². The van der Waals surface area contributed by atoms with Crippen LogP contribution >= 0.6 is 15.9 Å². The minimum absolute atomic E-state index is 0.372. The van der Waals surface area contributed by atoms with Crippen molar-refractivity contribution in [1.82, 2.24) is 4.90 Å². The molecule has 2 nitrogen and oxygen atoms in total. The monoisotopic (exact) mass is 261 g/mol. The lowest BCUT2D eigenvalue weighted by atomic mass is 10.1. The second-order valence-corrected chi connectivity index (χ2v) is 4.73. The van der Waals surface area contributed by atoms with E-state index in [2.05, 4.69) is 15.9 Å². The number of hydrogen-bond donors (Lipinski definition) is 0. The topological polar surface area (TPSA) is 20.3 Å². The zero-order chi connectivity index (χ0) is 10.2. The molecule has 0 atom stereocenters. The fraction of sp³-hybridized carbons (Fsp3) is 0.909. The van der Waals surface area contributed by atoms with Gasteiger partial charge in [0.05, 0.1) is 0 Å². The number of amides is 1. The van der Waals surface area contributed by atoms with Crippen molar-refractivity contribution in [3.8, 4) is 0 Å². The Morgan fingerprint density at radius 1 is 1.14 bits per heavy atom. The van der Waals surface area contributed by atoms with Crippen LogP contribution in [0.1, 0.15) is 44.9 Å². The van der Waals surface area contributed by atoms with Crippen molar-refractivity contribution in [2.45, 2.75) is 44.9 Å². The van der Waals surface area contributed by atoms with Crippen LogP contribution in [-0.2, 0) is 4.79 Å². The predicted octanol–water partition coefficient (Wildman–Crippen LogP) is 2.95. The van der Waals surface area contributed by atoms with Gasteiger partial charge in [-0.2, -0.15) is 0 Å². The van der Waals surface area contributed by atoms with Gasteiger partial charge in [-0.15, -0.1) is 0 Å². The molecule has 1 amide bonds. The summed E-state index contributed by atoms with van der Waals surface area (Å²) in [7, 11) is 0. The van der Waals surface area contributed by atoms with Crippen molar-refractivity contribution in [2.24, 2.45) is 0 Å². The molecule has 0 spiro atoms. The number of carbonyl (C=O) groups excluding carboxylic acids is 1. The van der Waals surface area contributed by atoms with Crippen molar-refractivity contribution in [2.75, 3.05) is 18.4 Å². The molecular formula is C11H20BrNO. The van der Waals surface area contributed by atoms with Crippen LogP contribution in [0, 0.1) is 0 Å². The summed E-state index contributed by atoms with van der Waals surface area (Å²) in [5.41, 5.74) is 0. The maximum Gasteiger partial charge on any atom is 0.222 e. The lowest BCUT2D eigenvalue weighted by Gasteiger charge is -2.26. The molecule has 0 aromatic carbocycles. The summed E-state index contributed by atoms with van der Waals surface area (Å²) in [6.07, 6.45) is 8.06. The average molecular weight is 262 g/mol. The van der Waals surface area contributed by atoms with Gasteiger partial charge < -0.3 is 4.90 Å². The molecule has 3 heteroatoms. The van der Waals surface area contributed by atoms with Crippen LogP contribution in [0.5, 0.6) is 0 Å². The summed E-state index contributed by atoms with van der Waals surface area (Å²) in [6, 6.07) is 0. The molecule has 82 valence electrons. The van der Waals surface area contributed by atoms with E-state index < -0.39 is 0 Å². The summed E-state index contributed by atoms with van der Waals surface area (Å²) in [5.74, 6) is 0.372. The van der Waals surface area contributed by atoms with Crippen LogP contribution in [-0.4, -0.2) is 29.2 Å². The molecule has 1 fully saturated rings. The molecule has 1 saturated heterocycles. The number of halogens is 1. The van der Waals surface area contributed by atoms with Crippen LogP contribution in [0.3, 0.4) is 0 Å². The number of nitrogens with zero attached hydrogens (tertiary/aromatic N) is 1. The Labute approximate surface area is 95.2 Å². The van der Waals surface area contributed by atoms with E-state index in [1.165, 1.54) is 32.1 Å². The van der Waals surface area contributed by atoms with Gasteiger partial charge in [0.2, 0.25) is 5.91 Å². The van der Waals surface area contributed by atoms with E-state index in [1.54, 1.807) is 0 Å². The van der Waals surface area contributed by atoms with Crippen LogP contribution < -0.4 is 0 Å². The Morgan fingerprint density at radius 3 is 2.64 bits per heavy atom. The van der Waals surface area contributed by atoms with E-state index in [0.29, 0.717) is 5.91 Å². The zero-order valence-electron chi connectivity index (χ0n) is 8.80. The largest absolute Gasteiger partial charge is 0.343 e. The standard InChI is InChI=1S/C11H20BrNO/c12-8-4-1-2-5-9-13-10-6-3-7-11(13)14/h1-10H2. The zero-order valence-corrected chi connectivity index (χ0v) is 10.4. The first kappa shape index (κ1) is 12.0. The number of carbonyl (C=O) groups is 1. The van der Waals surface area contributed by atoms with Gasteiger partial charge in [-0.3, -0.25) is 4.79 Å². The first-order valence-electron chi connectivity index (χ1n) is 5.68. The van der Waals surface area contributed by atoms with Crippen LogP contribution in [0.2, 0.25) is 0 Å². The molecule has 0 unspecified atom stereocenters. The lowest BCUT2D eigenvalue weighted by Crippen LogP contribution is -2.35. The number of likely N-dealkylation sites (tertiary alicyclic amines) is 1. The minimum Gasteiger partial charge on any atom is -0.343 e. The Kier molecular flexibility index (Phi) is 6.24. The van der Waals surface area contributed by atoms with Crippen molar-refractivity contribution in [1.29, 1.82) is 0 Å². The normalized spacial score (nSPS) is 17.5. The summed E-state index contributed by atoms with van der Waals surface area (Å²) < 4.78 is 0. The van der Waals surface area contributed by atoms with Gasteiger partial charge in [0.15, 0.2) is 0 Å². The first-order chi connectivity index (χ1) is 6.84. The SMILES string of the molecule is O=C1CCCCN1CCCCCCBr. The number of hydrogen-bond acceptors (Lipinski definition) is 1. The Balaban J connectivity index is 2.02. The second-order valence-electron chi connectivity index (χ2n) is 3.94. The molecule has 0 aromatic rings. The van der Waals surface area contributed by atoms with E-state index in [-0.39, 0.29) is 0 Å². The van der Waals surface area contributed by atoms with Gasteiger partial charge in [-0.05, 0) is 25.7 Å². The molecule has 0 bridgehead atoms. The molecule has 1 heterocycles. The number of piperidine rings is 1. The second kappa shape index (κ2) is 7.27. The minimum atomic E-state index is 0.372. The van der Waals surface area contributed by atoms with E-state index in [0.717, 1.165) is 31.3 Å². The Hall–Kier alpha value is -0.0500. The molecule has 0 saturated carbocycles. The smallest absolute Gasteiger partial charge is 0.222 e. The third kappa shape index (κ3) is 4.45.